The average molecular weight is 242 g/mol. The molecule has 1 aliphatic heterocycles. The van der Waals surface area contributed by atoms with Crippen LogP contribution in [0.3, 0.4) is 0 Å². The van der Waals surface area contributed by atoms with E-state index in [1.165, 1.54) is 0 Å². The van der Waals surface area contributed by atoms with Crippen molar-refractivity contribution in [1.29, 1.82) is 0 Å². The minimum absolute atomic E-state index is 0.0212. The highest BCUT2D eigenvalue weighted by atomic mass is 16.5. The van der Waals surface area contributed by atoms with Gasteiger partial charge in [-0.15, -0.1) is 0 Å². The molecule has 100 valence electrons. The molecule has 0 saturated carbocycles. The quantitative estimate of drug-likeness (QED) is 0.763. The Bertz CT molecular complexity index is 250. The smallest absolute Gasteiger partial charge is 0.237 e. The molecule has 1 fully saturated rings. The summed E-state index contributed by atoms with van der Waals surface area (Å²) < 4.78 is 5.34. The number of nitrogens with one attached hydrogen (secondary N) is 1. The zero-order chi connectivity index (χ0) is 12.9. The van der Waals surface area contributed by atoms with E-state index in [1.807, 2.05) is 6.92 Å². The third kappa shape index (κ3) is 4.28. The van der Waals surface area contributed by atoms with Gasteiger partial charge in [0.05, 0.1) is 6.04 Å². The standard InChI is InChI=1S/C13H26N2O2/c1-4-10(2)11(14)12(16)15-9-13(3)5-7-17-8-6-13/h10-11H,4-9,14H2,1-3H3,(H,15,16). The minimum Gasteiger partial charge on any atom is -0.381 e. The molecule has 0 spiro atoms. The number of carbonyl (C=O) groups is 1. The van der Waals surface area contributed by atoms with Gasteiger partial charge in [0, 0.05) is 19.8 Å². The van der Waals surface area contributed by atoms with Crippen molar-refractivity contribution in [3.8, 4) is 0 Å². The average Bonchev–Trinajstić information content (AvgIpc) is 2.35. The number of carbonyl (C=O) groups excluding carboxylic acids is 1. The maximum atomic E-state index is 11.9. The van der Waals surface area contributed by atoms with Crippen LogP contribution in [0, 0.1) is 11.3 Å². The lowest BCUT2D eigenvalue weighted by Crippen LogP contribution is -2.48. The van der Waals surface area contributed by atoms with Gasteiger partial charge < -0.3 is 15.8 Å². The highest BCUT2D eigenvalue weighted by Crippen LogP contribution is 2.28. The van der Waals surface area contributed by atoms with Gasteiger partial charge in [0.15, 0.2) is 0 Å². The fourth-order valence-corrected chi connectivity index (χ4v) is 1.97. The molecule has 2 unspecified atom stereocenters. The first-order valence-corrected chi connectivity index (χ1v) is 6.59. The van der Waals surface area contributed by atoms with Gasteiger partial charge >= 0.3 is 0 Å². The first-order chi connectivity index (χ1) is 7.98. The van der Waals surface area contributed by atoms with Crippen LogP contribution in [0.4, 0.5) is 0 Å². The molecule has 0 radical (unpaired) electrons. The molecule has 0 aliphatic carbocycles. The summed E-state index contributed by atoms with van der Waals surface area (Å²) in [4.78, 5) is 11.9. The van der Waals surface area contributed by atoms with E-state index in [1.54, 1.807) is 0 Å². The molecule has 17 heavy (non-hydrogen) atoms. The van der Waals surface area contributed by atoms with E-state index in [2.05, 4.69) is 19.2 Å². The molecule has 0 bridgehead atoms. The van der Waals surface area contributed by atoms with Gasteiger partial charge in [-0.1, -0.05) is 27.2 Å². The van der Waals surface area contributed by atoms with E-state index in [0.29, 0.717) is 6.54 Å². The maximum absolute atomic E-state index is 11.9. The Morgan fingerprint density at radius 2 is 2.06 bits per heavy atom. The Morgan fingerprint density at radius 3 is 2.59 bits per heavy atom. The van der Waals surface area contributed by atoms with Gasteiger partial charge in [-0.2, -0.15) is 0 Å². The predicted molar refractivity (Wildman–Crippen MR) is 68.6 cm³/mol. The zero-order valence-corrected chi connectivity index (χ0v) is 11.3. The minimum atomic E-state index is -0.386. The Labute approximate surface area is 104 Å². The van der Waals surface area contributed by atoms with E-state index in [4.69, 9.17) is 10.5 Å². The highest BCUT2D eigenvalue weighted by molar-refractivity contribution is 5.81. The van der Waals surface area contributed by atoms with Gasteiger partial charge in [0.25, 0.3) is 0 Å². The lowest BCUT2D eigenvalue weighted by atomic mass is 9.82. The Morgan fingerprint density at radius 1 is 1.47 bits per heavy atom. The fraction of sp³-hybridized carbons (Fsp3) is 0.923. The molecule has 1 saturated heterocycles. The Balaban J connectivity index is 2.36. The Kier molecular flexibility index (Phi) is 5.40. The fourth-order valence-electron chi connectivity index (χ4n) is 1.97. The van der Waals surface area contributed by atoms with Gasteiger partial charge in [-0.3, -0.25) is 4.79 Å². The second-order valence-corrected chi connectivity index (χ2v) is 5.55. The van der Waals surface area contributed by atoms with Crippen LogP contribution in [0.25, 0.3) is 0 Å². The van der Waals surface area contributed by atoms with Crippen molar-refractivity contribution in [1.82, 2.24) is 5.32 Å². The van der Waals surface area contributed by atoms with Crippen molar-refractivity contribution in [2.75, 3.05) is 19.8 Å². The van der Waals surface area contributed by atoms with Crippen LogP contribution in [0.1, 0.15) is 40.0 Å². The van der Waals surface area contributed by atoms with Gasteiger partial charge in [0.2, 0.25) is 5.91 Å². The first kappa shape index (κ1) is 14.5. The number of nitrogens with two attached hydrogens (primary N) is 1. The topological polar surface area (TPSA) is 64.4 Å². The highest BCUT2D eigenvalue weighted by Gasteiger charge is 2.29. The van der Waals surface area contributed by atoms with Crippen molar-refractivity contribution in [2.45, 2.75) is 46.1 Å². The summed E-state index contributed by atoms with van der Waals surface area (Å²) in [6, 6.07) is -0.386. The van der Waals surface area contributed by atoms with E-state index in [-0.39, 0.29) is 23.3 Å². The van der Waals surface area contributed by atoms with Gasteiger partial charge in [-0.25, -0.2) is 0 Å². The molecule has 4 heteroatoms. The molecule has 0 aromatic carbocycles. The molecule has 1 rings (SSSR count). The van der Waals surface area contributed by atoms with E-state index in [9.17, 15) is 4.79 Å². The molecule has 1 aliphatic rings. The summed E-state index contributed by atoms with van der Waals surface area (Å²) in [6.07, 6.45) is 2.94. The second-order valence-electron chi connectivity index (χ2n) is 5.55. The van der Waals surface area contributed by atoms with Crippen LogP contribution in [-0.2, 0) is 9.53 Å². The van der Waals surface area contributed by atoms with E-state index in [0.717, 1.165) is 32.5 Å². The van der Waals surface area contributed by atoms with Crippen molar-refractivity contribution in [2.24, 2.45) is 17.1 Å². The number of hydrogen-bond donors (Lipinski definition) is 2. The van der Waals surface area contributed by atoms with E-state index >= 15 is 0 Å². The van der Waals surface area contributed by atoms with Crippen LogP contribution < -0.4 is 11.1 Å². The summed E-state index contributed by atoms with van der Waals surface area (Å²) in [5, 5.41) is 2.99. The predicted octanol–water partition coefficient (Wildman–Crippen LogP) is 1.29. The first-order valence-electron chi connectivity index (χ1n) is 6.59. The zero-order valence-electron chi connectivity index (χ0n) is 11.3. The molecule has 3 N–H and O–H groups in total. The molecular weight excluding hydrogens is 216 g/mol. The molecule has 2 atom stereocenters. The Hall–Kier alpha value is -0.610. The van der Waals surface area contributed by atoms with Crippen molar-refractivity contribution >= 4 is 5.91 Å². The van der Waals surface area contributed by atoms with Gasteiger partial charge in [0.1, 0.15) is 0 Å². The monoisotopic (exact) mass is 242 g/mol. The van der Waals surface area contributed by atoms with Crippen LogP contribution in [0.15, 0.2) is 0 Å². The third-order valence-corrected chi connectivity index (χ3v) is 3.95. The van der Waals surface area contributed by atoms with Crippen LogP contribution in [0.2, 0.25) is 0 Å². The lowest BCUT2D eigenvalue weighted by molar-refractivity contribution is -0.124. The molecular formula is C13H26N2O2. The summed E-state index contributed by atoms with van der Waals surface area (Å²) in [7, 11) is 0. The molecule has 0 aromatic rings. The van der Waals surface area contributed by atoms with Gasteiger partial charge in [-0.05, 0) is 24.2 Å². The maximum Gasteiger partial charge on any atom is 0.237 e. The van der Waals surface area contributed by atoms with Crippen LogP contribution in [0.5, 0.6) is 0 Å². The third-order valence-electron chi connectivity index (χ3n) is 3.95. The summed E-state index contributed by atoms with van der Waals surface area (Å²) >= 11 is 0. The van der Waals surface area contributed by atoms with Crippen LogP contribution >= 0.6 is 0 Å². The second kappa shape index (κ2) is 6.36. The summed E-state index contributed by atoms with van der Waals surface area (Å²) in [5.41, 5.74) is 6.06. The van der Waals surface area contributed by atoms with Crippen molar-refractivity contribution < 1.29 is 9.53 Å². The van der Waals surface area contributed by atoms with E-state index < -0.39 is 0 Å². The number of rotatable bonds is 5. The lowest BCUT2D eigenvalue weighted by Gasteiger charge is -2.34. The number of hydrogen-bond acceptors (Lipinski definition) is 3. The summed E-state index contributed by atoms with van der Waals surface area (Å²) in [5.74, 6) is 0.213. The molecule has 1 amide bonds. The van der Waals surface area contributed by atoms with Crippen molar-refractivity contribution in [3.05, 3.63) is 0 Å². The van der Waals surface area contributed by atoms with Crippen LogP contribution in [-0.4, -0.2) is 31.7 Å². The normalized spacial score (nSPS) is 22.8. The molecule has 1 heterocycles. The van der Waals surface area contributed by atoms with Crippen molar-refractivity contribution in [3.63, 3.8) is 0 Å². The molecule has 4 nitrogen and oxygen atoms in total. The largest absolute Gasteiger partial charge is 0.381 e. The number of amides is 1. The molecule has 0 aromatic heterocycles. The number of ether oxygens (including phenoxy) is 1. The summed E-state index contributed by atoms with van der Waals surface area (Å²) in [6.45, 7) is 8.56. The SMILES string of the molecule is CCC(C)C(N)C(=O)NCC1(C)CCOCC1.